The van der Waals surface area contributed by atoms with Gasteiger partial charge in [-0.2, -0.15) is 0 Å². The molecule has 3 rings (SSSR count). The number of methoxy groups -OCH3 is 1. The highest BCUT2D eigenvalue weighted by atomic mass is 16.5. The van der Waals surface area contributed by atoms with Gasteiger partial charge in [-0.3, -0.25) is 0 Å². The van der Waals surface area contributed by atoms with Gasteiger partial charge in [0.2, 0.25) is 0 Å². The summed E-state index contributed by atoms with van der Waals surface area (Å²) in [5.74, 6) is 0.880. The number of benzene rings is 2. The Hall–Kier alpha value is -2.42. The molecule has 0 aliphatic carbocycles. The van der Waals surface area contributed by atoms with E-state index in [2.05, 4.69) is 35.4 Å². The van der Waals surface area contributed by atoms with E-state index in [9.17, 15) is 0 Å². The lowest BCUT2D eigenvalue weighted by molar-refractivity contribution is 0.416. The van der Waals surface area contributed by atoms with Gasteiger partial charge in [-0.25, -0.2) is 0 Å². The number of ether oxygens (including phenoxy) is 1. The zero-order chi connectivity index (χ0) is 13.9. The van der Waals surface area contributed by atoms with Gasteiger partial charge < -0.3 is 15.4 Å². The van der Waals surface area contributed by atoms with Crippen molar-refractivity contribution in [2.45, 2.75) is 6.42 Å². The van der Waals surface area contributed by atoms with Crippen LogP contribution in [0.25, 0.3) is 11.1 Å². The van der Waals surface area contributed by atoms with E-state index >= 15 is 0 Å². The van der Waals surface area contributed by atoms with Gasteiger partial charge in [-0.05, 0) is 12.1 Å². The molecular weight excluding hydrogens is 248 g/mol. The average Bonchev–Trinajstić information content (AvgIpc) is 2.67. The molecule has 2 aromatic rings. The van der Waals surface area contributed by atoms with Crippen molar-refractivity contribution in [3.63, 3.8) is 0 Å². The van der Waals surface area contributed by atoms with E-state index in [0.29, 0.717) is 0 Å². The molecule has 3 heteroatoms. The second-order valence-corrected chi connectivity index (χ2v) is 4.83. The van der Waals surface area contributed by atoms with Crippen LogP contribution in [0, 0.1) is 0 Å². The maximum absolute atomic E-state index is 5.48. The molecule has 3 nitrogen and oxygen atoms in total. The molecule has 2 aromatic carbocycles. The van der Waals surface area contributed by atoms with Crippen molar-refractivity contribution in [1.82, 2.24) is 0 Å². The Morgan fingerprint density at radius 3 is 2.70 bits per heavy atom. The number of rotatable bonds is 2. The van der Waals surface area contributed by atoms with Crippen molar-refractivity contribution in [3.05, 3.63) is 54.7 Å². The third-order valence-corrected chi connectivity index (χ3v) is 3.50. The first-order valence-electron chi connectivity index (χ1n) is 6.74. The van der Waals surface area contributed by atoms with Gasteiger partial charge in [-0.15, -0.1) is 0 Å². The molecule has 0 unspecified atom stereocenters. The van der Waals surface area contributed by atoms with Gasteiger partial charge in [0.05, 0.1) is 18.5 Å². The third-order valence-electron chi connectivity index (χ3n) is 3.50. The van der Waals surface area contributed by atoms with Crippen LogP contribution in [0.1, 0.15) is 6.42 Å². The van der Waals surface area contributed by atoms with E-state index in [1.54, 1.807) is 7.11 Å². The van der Waals surface area contributed by atoms with Crippen LogP contribution in [0.15, 0.2) is 54.7 Å². The van der Waals surface area contributed by atoms with Gasteiger partial charge in [-0.1, -0.05) is 36.9 Å². The van der Waals surface area contributed by atoms with Gasteiger partial charge in [0, 0.05) is 29.8 Å². The SMILES string of the molecule is C=C1CCNc2c(cccc2-c2ccccc2OC)N1. The number of para-hydroxylation sites is 2. The summed E-state index contributed by atoms with van der Waals surface area (Å²) in [6, 6.07) is 14.3. The van der Waals surface area contributed by atoms with E-state index < -0.39 is 0 Å². The minimum absolute atomic E-state index is 0.880. The Bertz CT molecular complexity index is 649. The van der Waals surface area contributed by atoms with Crippen molar-refractivity contribution >= 4 is 11.4 Å². The molecule has 0 spiro atoms. The highest BCUT2D eigenvalue weighted by molar-refractivity contribution is 5.90. The van der Waals surface area contributed by atoms with Crippen molar-refractivity contribution in [2.24, 2.45) is 0 Å². The Morgan fingerprint density at radius 1 is 1.05 bits per heavy atom. The van der Waals surface area contributed by atoms with Crippen molar-refractivity contribution in [2.75, 3.05) is 24.3 Å². The number of anilines is 2. The smallest absolute Gasteiger partial charge is 0.126 e. The Balaban J connectivity index is 2.15. The molecule has 1 heterocycles. The molecule has 20 heavy (non-hydrogen) atoms. The summed E-state index contributed by atoms with van der Waals surface area (Å²) in [4.78, 5) is 0. The van der Waals surface area contributed by atoms with Crippen molar-refractivity contribution < 1.29 is 4.74 Å². The fourth-order valence-electron chi connectivity index (χ4n) is 2.53. The van der Waals surface area contributed by atoms with E-state index in [-0.39, 0.29) is 0 Å². The molecule has 1 aliphatic rings. The van der Waals surface area contributed by atoms with E-state index in [1.165, 1.54) is 0 Å². The minimum Gasteiger partial charge on any atom is -0.496 e. The summed E-state index contributed by atoms with van der Waals surface area (Å²) in [5.41, 5.74) is 5.44. The zero-order valence-electron chi connectivity index (χ0n) is 11.6. The largest absolute Gasteiger partial charge is 0.496 e. The highest BCUT2D eigenvalue weighted by Gasteiger charge is 2.15. The first-order chi connectivity index (χ1) is 9.79. The van der Waals surface area contributed by atoms with Crippen LogP contribution in [-0.2, 0) is 0 Å². The third kappa shape index (κ3) is 2.23. The normalized spacial score (nSPS) is 13.8. The lowest BCUT2D eigenvalue weighted by Crippen LogP contribution is -2.01. The van der Waals surface area contributed by atoms with Crippen molar-refractivity contribution in [3.8, 4) is 16.9 Å². The first kappa shape index (κ1) is 12.6. The van der Waals surface area contributed by atoms with Crippen LogP contribution in [-0.4, -0.2) is 13.7 Å². The molecule has 0 saturated carbocycles. The standard InChI is InChI=1S/C17H18N2O/c1-12-10-11-18-17-14(7-5-8-15(17)19-12)13-6-3-4-9-16(13)20-2/h3-9,18-19H,1,10-11H2,2H3. The molecule has 0 amide bonds. The van der Waals surface area contributed by atoms with Gasteiger partial charge in [0.15, 0.2) is 0 Å². The molecule has 0 aromatic heterocycles. The maximum Gasteiger partial charge on any atom is 0.126 e. The molecule has 1 aliphatic heterocycles. The summed E-state index contributed by atoms with van der Waals surface area (Å²) in [6.45, 7) is 4.91. The van der Waals surface area contributed by atoms with Crippen LogP contribution in [0.4, 0.5) is 11.4 Å². The number of fused-ring (bicyclic) bond motifs is 1. The average molecular weight is 266 g/mol. The van der Waals surface area contributed by atoms with Crippen LogP contribution < -0.4 is 15.4 Å². The summed E-state index contributed by atoms with van der Waals surface area (Å²) in [6.07, 6.45) is 0.917. The summed E-state index contributed by atoms with van der Waals surface area (Å²) in [5, 5.41) is 6.87. The first-order valence-corrected chi connectivity index (χ1v) is 6.74. The predicted molar refractivity (Wildman–Crippen MR) is 84.3 cm³/mol. The van der Waals surface area contributed by atoms with Crippen LogP contribution in [0.2, 0.25) is 0 Å². The Morgan fingerprint density at radius 2 is 1.85 bits per heavy atom. The molecule has 0 bridgehead atoms. The number of nitrogens with one attached hydrogen (secondary N) is 2. The molecule has 102 valence electrons. The van der Waals surface area contributed by atoms with Gasteiger partial charge >= 0.3 is 0 Å². The topological polar surface area (TPSA) is 33.3 Å². The molecule has 0 radical (unpaired) electrons. The van der Waals surface area contributed by atoms with E-state index in [0.717, 1.165) is 46.9 Å². The second-order valence-electron chi connectivity index (χ2n) is 4.83. The van der Waals surface area contributed by atoms with Crippen LogP contribution in [0.5, 0.6) is 5.75 Å². The molecule has 0 saturated heterocycles. The number of hydrogen-bond donors (Lipinski definition) is 2. The molecule has 2 N–H and O–H groups in total. The van der Waals surface area contributed by atoms with E-state index in [4.69, 9.17) is 4.74 Å². The van der Waals surface area contributed by atoms with Crippen molar-refractivity contribution in [1.29, 1.82) is 0 Å². The Labute approximate surface area is 119 Å². The van der Waals surface area contributed by atoms with E-state index in [1.807, 2.05) is 24.3 Å². The fraction of sp³-hybridized carbons (Fsp3) is 0.176. The molecular formula is C17H18N2O. The lowest BCUT2D eigenvalue weighted by Gasteiger charge is -2.16. The minimum atomic E-state index is 0.880. The predicted octanol–water partition coefficient (Wildman–Crippen LogP) is 4.10. The van der Waals surface area contributed by atoms with Gasteiger partial charge in [0.1, 0.15) is 5.75 Å². The van der Waals surface area contributed by atoms with Crippen LogP contribution >= 0.6 is 0 Å². The van der Waals surface area contributed by atoms with Gasteiger partial charge in [0.25, 0.3) is 0 Å². The summed E-state index contributed by atoms with van der Waals surface area (Å²) < 4.78 is 5.48. The molecule has 0 atom stereocenters. The summed E-state index contributed by atoms with van der Waals surface area (Å²) in [7, 11) is 1.70. The summed E-state index contributed by atoms with van der Waals surface area (Å²) >= 11 is 0. The molecule has 0 fully saturated rings. The zero-order valence-corrected chi connectivity index (χ0v) is 11.6. The van der Waals surface area contributed by atoms with Crippen LogP contribution in [0.3, 0.4) is 0 Å². The monoisotopic (exact) mass is 266 g/mol. The fourth-order valence-corrected chi connectivity index (χ4v) is 2.53. The number of hydrogen-bond acceptors (Lipinski definition) is 3. The lowest BCUT2D eigenvalue weighted by atomic mass is 10.0. The maximum atomic E-state index is 5.48. The highest BCUT2D eigenvalue weighted by Crippen LogP contribution is 2.40. The second kappa shape index (κ2) is 5.29. The quantitative estimate of drug-likeness (QED) is 0.858. The Kier molecular flexibility index (Phi) is 3.33.